The summed E-state index contributed by atoms with van der Waals surface area (Å²) in [5.74, 6) is -3.23. The lowest BCUT2D eigenvalue weighted by Gasteiger charge is -2.20. The Kier molecular flexibility index (Phi) is 7.51. The number of nitrogens with zero attached hydrogens (tertiary/aromatic N) is 1. The lowest BCUT2D eigenvalue weighted by molar-refractivity contribution is 0.00693. The molecule has 1 amide bonds. The monoisotopic (exact) mass is 488 g/mol. The molecule has 0 saturated carbocycles. The molecule has 178 valence electrons. The highest BCUT2D eigenvalue weighted by atomic mass is 35.5. The topological polar surface area (TPSA) is 77.5 Å². The largest absolute Gasteiger partial charge is 0.456 e. The quantitative estimate of drug-likeness (QED) is 0.415. The summed E-state index contributed by atoms with van der Waals surface area (Å²) >= 11 is 5.99. The van der Waals surface area contributed by atoms with Crippen LogP contribution in [-0.4, -0.2) is 22.5 Å². The summed E-state index contributed by atoms with van der Waals surface area (Å²) < 4.78 is 38.2. The van der Waals surface area contributed by atoms with Gasteiger partial charge in [-0.25, -0.2) is 18.6 Å². The molecule has 0 unspecified atom stereocenters. The first-order valence-electron chi connectivity index (χ1n) is 10.4. The number of amides is 1. The van der Waals surface area contributed by atoms with E-state index in [0.717, 1.165) is 18.2 Å². The van der Waals surface area contributed by atoms with Crippen LogP contribution in [0.3, 0.4) is 0 Å². The molecule has 2 aromatic carbocycles. The highest BCUT2D eigenvalue weighted by Gasteiger charge is 2.21. The maximum absolute atomic E-state index is 14.0. The number of aromatic nitrogens is 1. The van der Waals surface area contributed by atoms with Gasteiger partial charge in [0.05, 0.1) is 16.6 Å². The zero-order chi connectivity index (χ0) is 25.0. The molecule has 3 rings (SSSR count). The number of benzene rings is 2. The number of carbonyl (C=O) groups is 2. The predicted molar refractivity (Wildman–Crippen MR) is 123 cm³/mol. The van der Waals surface area contributed by atoms with E-state index in [1.807, 2.05) is 0 Å². The summed E-state index contributed by atoms with van der Waals surface area (Å²) in [6.45, 7) is 7.08. The molecular weight excluding hydrogens is 466 g/mol. The van der Waals surface area contributed by atoms with E-state index in [4.69, 9.17) is 21.1 Å². The molecule has 0 saturated heterocycles. The Labute approximate surface area is 200 Å². The van der Waals surface area contributed by atoms with E-state index in [1.165, 1.54) is 12.3 Å². The van der Waals surface area contributed by atoms with E-state index >= 15 is 0 Å². The maximum atomic E-state index is 14.0. The van der Waals surface area contributed by atoms with Crippen LogP contribution in [0.4, 0.5) is 8.78 Å². The first-order valence-corrected chi connectivity index (χ1v) is 10.7. The normalized spacial score (nSPS) is 12.1. The van der Waals surface area contributed by atoms with E-state index in [2.05, 4.69) is 10.3 Å². The summed E-state index contributed by atoms with van der Waals surface area (Å²) in [5.41, 5.74) is 0.419. The average Bonchev–Trinajstić information content (AvgIpc) is 2.76. The maximum Gasteiger partial charge on any atom is 0.338 e. The molecule has 0 aliphatic heterocycles. The molecule has 0 spiro atoms. The van der Waals surface area contributed by atoms with Gasteiger partial charge >= 0.3 is 5.97 Å². The number of hydrogen-bond donors (Lipinski definition) is 1. The van der Waals surface area contributed by atoms with Crippen LogP contribution in [0.5, 0.6) is 11.6 Å². The van der Waals surface area contributed by atoms with Crippen molar-refractivity contribution in [2.75, 3.05) is 0 Å². The van der Waals surface area contributed by atoms with Gasteiger partial charge in [0.1, 0.15) is 17.0 Å². The summed E-state index contributed by atoms with van der Waals surface area (Å²) in [7, 11) is 0. The number of hydrogen-bond acceptors (Lipinski definition) is 5. The second-order valence-corrected chi connectivity index (χ2v) is 8.94. The van der Waals surface area contributed by atoms with Crippen molar-refractivity contribution in [1.29, 1.82) is 0 Å². The van der Waals surface area contributed by atoms with Crippen LogP contribution in [0, 0.1) is 11.6 Å². The van der Waals surface area contributed by atoms with Gasteiger partial charge in [-0.15, -0.1) is 0 Å². The molecule has 0 aliphatic rings. The average molecular weight is 489 g/mol. The Bertz CT molecular complexity index is 1210. The van der Waals surface area contributed by atoms with Gasteiger partial charge in [-0.1, -0.05) is 23.7 Å². The fourth-order valence-electron chi connectivity index (χ4n) is 2.93. The van der Waals surface area contributed by atoms with E-state index in [9.17, 15) is 18.4 Å². The van der Waals surface area contributed by atoms with Gasteiger partial charge in [0.2, 0.25) is 5.88 Å². The fraction of sp³-hybridized carbons (Fsp3) is 0.240. The summed E-state index contributed by atoms with van der Waals surface area (Å²) in [6, 6.07) is 10.1. The van der Waals surface area contributed by atoms with Gasteiger partial charge in [-0.2, -0.15) is 0 Å². The smallest absolute Gasteiger partial charge is 0.338 e. The van der Waals surface area contributed by atoms with Crippen molar-refractivity contribution in [1.82, 2.24) is 10.3 Å². The third-order valence-electron chi connectivity index (χ3n) is 4.56. The van der Waals surface area contributed by atoms with E-state index in [-0.39, 0.29) is 16.5 Å². The van der Waals surface area contributed by atoms with Crippen LogP contribution in [0.25, 0.3) is 0 Å². The molecular formula is C25H23ClF2N2O4. The number of nitrogens with one attached hydrogen (secondary N) is 1. The van der Waals surface area contributed by atoms with Gasteiger partial charge in [-0.05, 0) is 63.6 Å². The third kappa shape index (κ3) is 6.51. The van der Waals surface area contributed by atoms with E-state index < -0.39 is 40.9 Å². The third-order valence-corrected chi connectivity index (χ3v) is 4.76. The Morgan fingerprint density at radius 1 is 1.06 bits per heavy atom. The molecule has 6 nitrogen and oxygen atoms in total. The van der Waals surface area contributed by atoms with Gasteiger partial charge in [0.15, 0.2) is 11.6 Å². The van der Waals surface area contributed by atoms with Crippen LogP contribution in [-0.2, 0) is 4.74 Å². The molecule has 1 N–H and O–H groups in total. The molecule has 1 heterocycles. The molecule has 34 heavy (non-hydrogen) atoms. The number of pyridine rings is 1. The Hall–Kier alpha value is -3.52. The summed E-state index contributed by atoms with van der Waals surface area (Å²) in [4.78, 5) is 29.1. The first-order chi connectivity index (χ1) is 15.9. The van der Waals surface area contributed by atoms with Crippen molar-refractivity contribution in [3.8, 4) is 11.6 Å². The number of esters is 1. The van der Waals surface area contributed by atoms with Crippen LogP contribution in [0.2, 0.25) is 5.02 Å². The molecule has 1 atom stereocenters. The molecule has 0 radical (unpaired) electrons. The van der Waals surface area contributed by atoms with Crippen LogP contribution < -0.4 is 10.1 Å². The summed E-state index contributed by atoms with van der Waals surface area (Å²) in [5, 5.41) is 2.94. The van der Waals surface area contributed by atoms with Gasteiger partial charge in [0.25, 0.3) is 5.91 Å². The Morgan fingerprint density at radius 2 is 1.74 bits per heavy atom. The first kappa shape index (κ1) is 25.1. The number of halogens is 3. The standard InChI is InChI=1S/C25H23ClF2N2O4/c1-14(15-5-7-16(8-6-15)24(32)34-25(2,3)4)30-22(31)19-11-17(26)13-29-23(19)33-21-12-18(27)9-10-20(21)28/h5-14H,1-4H3,(H,30,31)/t14-/m0/s1. The second kappa shape index (κ2) is 10.2. The van der Waals surface area contributed by atoms with Gasteiger partial charge < -0.3 is 14.8 Å². The van der Waals surface area contributed by atoms with Crippen LogP contribution >= 0.6 is 11.6 Å². The van der Waals surface area contributed by atoms with E-state index in [0.29, 0.717) is 11.1 Å². The number of ether oxygens (including phenoxy) is 2. The minimum Gasteiger partial charge on any atom is -0.456 e. The zero-order valence-corrected chi connectivity index (χ0v) is 19.7. The van der Waals surface area contributed by atoms with Crippen molar-refractivity contribution in [2.45, 2.75) is 39.3 Å². The SMILES string of the molecule is C[C@H](NC(=O)c1cc(Cl)cnc1Oc1cc(F)ccc1F)c1ccc(C(=O)OC(C)(C)C)cc1. The predicted octanol–water partition coefficient (Wildman–Crippen LogP) is 6.25. The highest BCUT2D eigenvalue weighted by molar-refractivity contribution is 6.30. The van der Waals surface area contributed by atoms with Crippen molar-refractivity contribution in [2.24, 2.45) is 0 Å². The highest BCUT2D eigenvalue weighted by Crippen LogP contribution is 2.28. The lowest BCUT2D eigenvalue weighted by Crippen LogP contribution is -2.27. The second-order valence-electron chi connectivity index (χ2n) is 8.50. The molecule has 0 aliphatic carbocycles. The van der Waals surface area contributed by atoms with Crippen LogP contribution in [0.15, 0.2) is 54.7 Å². The van der Waals surface area contributed by atoms with Crippen molar-refractivity contribution in [3.05, 3.63) is 88.1 Å². The molecule has 0 fully saturated rings. The number of rotatable bonds is 6. The van der Waals surface area contributed by atoms with Crippen molar-refractivity contribution in [3.63, 3.8) is 0 Å². The molecule has 0 bridgehead atoms. The summed E-state index contributed by atoms with van der Waals surface area (Å²) in [6.07, 6.45) is 1.23. The van der Waals surface area contributed by atoms with Gasteiger partial charge in [-0.3, -0.25) is 4.79 Å². The minimum atomic E-state index is -0.817. The zero-order valence-electron chi connectivity index (χ0n) is 19.0. The van der Waals surface area contributed by atoms with Crippen molar-refractivity contribution >= 4 is 23.5 Å². The molecule has 9 heteroatoms. The van der Waals surface area contributed by atoms with Gasteiger partial charge in [0, 0.05) is 12.3 Å². The molecule has 1 aromatic heterocycles. The lowest BCUT2D eigenvalue weighted by atomic mass is 10.1. The fourth-order valence-corrected chi connectivity index (χ4v) is 3.09. The Morgan fingerprint density at radius 3 is 2.38 bits per heavy atom. The van der Waals surface area contributed by atoms with Crippen LogP contribution in [0.1, 0.15) is 60.0 Å². The van der Waals surface area contributed by atoms with Crippen molar-refractivity contribution < 1.29 is 27.8 Å². The molecule has 3 aromatic rings. The Balaban J connectivity index is 1.77. The minimum absolute atomic E-state index is 0.0617. The number of carbonyl (C=O) groups excluding carboxylic acids is 2. The van der Waals surface area contributed by atoms with E-state index in [1.54, 1.807) is 52.0 Å².